The van der Waals surface area contributed by atoms with E-state index < -0.39 is 24.3 Å². The van der Waals surface area contributed by atoms with E-state index in [-0.39, 0.29) is 32.2 Å². The Hall–Kier alpha value is -5.09. The number of carboxylic acid groups (broad SMARTS) is 1. The molecule has 0 fully saturated rings. The number of rotatable bonds is 78. The van der Waals surface area contributed by atoms with Gasteiger partial charge < -0.3 is 33.3 Å². The maximum Gasteiger partial charge on any atom is 0.306 e. The van der Waals surface area contributed by atoms with Crippen LogP contribution < -0.4 is 5.11 Å². The van der Waals surface area contributed by atoms with Gasteiger partial charge in [0, 0.05) is 12.8 Å². The minimum absolute atomic E-state index is 0.144. The molecule has 9 nitrogen and oxygen atoms in total. The SMILES string of the molecule is CC/C=C\C/C=C\C/C=C\C/C=C\C/C=C\C/C=C\C/C=C\C/C=C\CCCCCCCCCCCCCCCCCCC(=O)OC(COC(=O)CCCCCCCCCCCCCCCCCCCCCCC/C=C\C/C=C\C/C=C\C/C=C\C/C=C\CC)COC(OCC[N+](C)(C)C)C(=O)[O-]. The summed E-state index contributed by atoms with van der Waals surface area (Å²) in [4.78, 5) is 37.7. The maximum atomic E-state index is 13.0. The van der Waals surface area contributed by atoms with Gasteiger partial charge in [0.15, 0.2) is 12.4 Å². The number of carboxylic acids is 1. The fourth-order valence-corrected chi connectivity index (χ4v) is 11.9. The van der Waals surface area contributed by atoms with Crippen molar-refractivity contribution in [2.24, 2.45) is 0 Å². The first-order chi connectivity index (χ1) is 50.6. The number of carbonyl (C=O) groups excluding carboxylic acids is 3. The van der Waals surface area contributed by atoms with Crippen molar-refractivity contribution in [3.63, 3.8) is 0 Å². The topological polar surface area (TPSA) is 111 Å². The Balaban J connectivity index is 4.00. The lowest BCUT2D eigenvalue weighted by Crippen LogP contribution is -2.44. The first kappa shape index (κ1) is 97.9. The molecule has 0 amide bonds. The monoisotopic (exact) mass is 1430 g/mol. The summed E-state index contributed by atoms with van der Waals surface area (Å²) in [6, 6.07) is 0. The molecule has 0 aromatic heterocycles. The van der Waals surface area contributed by atoms with E-state index in [0.29, 0.717) is 23.9 Å². The zero-order valence-electron chi connectivity index (χ0n) is 67.4. The molecule has 0 heterocycles. The molecule has 2 unspecified atom stereocenters. The second kappa shape index (κ2) is 82.6. The Labute approximate surface area is 635 Å². The quantitative estimate of drug-likeness (QED) is 0.0195. The van der Waals surface area contributed by atoms with E-state index in [1.54, 1.807) is 0 Å². The van der Waals surface area contributed by atoms with Crippen molar-refractivity contribution in [3.8, 4) is 0 Å². The third kappa shape index (κ3) is 84.1. The molecule has 0 spiro atoms. The average Bonchev–Trinajstić information content (AvgIpc) is 1.01. The number of allylic oxidation sites excluding steroid dienone is 26. The first-order valence-electron chi connectivity index (χ1n) is 42.6. The van der Waals surface area contributed by atoms with Gasteiger partial charge in [-0.15, -0.1) is 0 Å². The summed E-state index contributed by atoms with van der Waals surface area (Å²) < 4.78 is 22.9. The molecule has 0 aromatic rings. The standard InChI is InChI=1S/C94H159NO8/c1-6-8-10-12-14-16-18-20-22-24-26-28-30-32-34-36-38-40-42-44-45-46-47-49-51-53-55-57-59-61-63-65-67-69-71-73-75-77-79-81-83-85-92(97)103-90(89-102-94(93(98)99)100-87-86-95(3,4)5)88-101-91(96)84-82-80-78-76-74-72-70-68-66-64-62-60-58-56-54-52-50-48-43-41-39-37-35-33-31-29-27-25-23-21-19-17-15-13-11-9-7-2/h8-11,14-17,20-23,26-29,32-35,38,40,44-45,47,49,90,94H,6-7,12-13,18-19,24-25,30-31,36-37,39,41-43,46,48,50-89H2,1-5H3/b10-8-,11-9-,16-14-,17-15-,22-20-,23-21-,28-26-,29-27-,34-32-,35-33-,40-38-,45-44-,49-47-. The van der Waals surface area contributed by atoms with Crippen molar-refractivity contribution in [1.82, 2.24) is 0 Å². The number of likely N-dealkylation sites (N-methyl/N-ethyl adjacent to an activating group) is 1. The Morgan fingerprint density at radius 2 is 0.524 bits per heavy atom. The van der Waals surface area contributed by atoms with Crippen LogP contribution in [0.5, 0.6) is 0 Å². The lowest BCUT2D eigenvalue weighted by atomic mass is 10.0. The first-order valence-corrected chi connectivity index (χ1v) is 42.6. The molecule has 0 N–H and O–H groups in total. The predicted molar refractivity (Wildman–Crippen MR) is 444 cm³/mol. The van der Waals surface area contributed by atoms with Crippen LogP contribution in [-0.4, -0.2) is 82.3 Å². The molecule has 0 aliphatic heterocycles. The number of carbonyl (C=O) groups is 3. The van der Waals surface area contributed by atoms with Crippen molar-refractivity contribution in [1.29, 1.82) is 0 Å². The van der Waals surface area contributed by atoms with Crippen LogP contribution >= 0.6 is 0 Å². The fraction of sp³-hybridized carbons (Fsp3) is 0.691. The molecule has 0 aliphatic rings. The van der Waals surface area contributed by atoms with E-state index in [1.165, 1.54) is 205 Å². The smallest absolute Gasteiger partial charge is 0.306 e. The molecule has 103 heavy (non-hydrogen) atoms. The summed E-state index contributed by atoms with van der Waals surface area (Å²) in [6.45, 7) is 4.55. The largest absolute Gasteiger partial charge is 0.545 e. The van der Waals surface area contributed by atoms with E-state index >= 15 is 0 Å². The third-order valence-electron chi connectivity index (χ3n) is 18.3. The van der Waals surface area contributed by atoms with Gasteiger partial charge in [0.25, 0.3) is 0 Å². The van der Waals surface area contributed by atoms with E-state index in [1.807, 2.05) is 21.1 Å². The van der Waals surface area contributed by atoms with Crippen molar-refractivity contribution in [2.45, 2.75) is 373 Å². The van der Waals surface area contributed by atoms with Crippen LogP contribution in [0, 0.1) is 0 Å². The van der Waals surface area contributed by atoms with Crippen molar-refractivity contribution >= 4 is 17.9 Å². The third-order valence-corrected chi connectivity index (χ3v) is 18.3. The Bertz CT molecular complexity index is 2270. The number of hydrogen-bond donors (Lipinski definition) is 0. The normalized spacial score (nSPS) is 13.4. The van der Waals surface area contributed by atoms with E-state index in [2.05, 4.69) is 172 Å². The highest BCUT2D eigenvalue weighted by molar-refractivity contribution is 5.70. The zero-order valence-corrected chi connectivity index (χ0v) is 67.4. The van der Waals surface area contributed by atoms with E-state index in [0.717, 1.165) is 122 Å². The fourth-order valence-electron chi connectivity index (χ4n) is 11.9. The van der Waals surface area contributed by atoms with Gasteiger partial charge in [-0.25, -0.2) is 0 Å². The highest BCUT2D eigenvalue weighted by Crippen LogP contribution is 2.19. The molecule has 0 bridgehead atoms. The van der Waals surface area contributed by atoms with Gasteiger partial charge in [-0.3, -0.25) is 9.59 Å². The lowest BCUT2D eigenvalue weighted by Gasteiger charge is -2.26. The lowest BCUT2D eigenvalue weighted by molar-refractivity contribution is -0.870. The Kier molecular flexibility index (Phi) is 78.5. The van der Waals surface area contributed by atoms with Gasteiger partial charge in [-0.05, 0) is 122 Å². The van der Waals surface area contributed by atoms with Crippen LogP contribution in [0.4, 0.5) is 0 Å². The molecule has 0 saturated heterocycles. The second-order valence-corrected chi connectivity index (χ2v) is 29.4. The number of unbranched alkanes of at least 4 members (excludes halogenated alkanes) is 37. The minimum Gasteiger partial charge on any atom is -0.545 e. The van der Waals surface area contributed by atoms with Crippen LogP contribution in [-0.2, 0) is 33.3 Å². The number of quaternary nitrogens is 1. The molecule has 2 atom stereocenters. The summed E-state index contributed by atoms with van der Waals surface area (Å²) in [7, 11) is 5.94. The van der Waals surface area contributed by atoms with Crippen LogP contribution in [0.15, 0.2) is 158 Å². The average molecular weight is 1430 g/mol. The summed E-state index contributed by atoms with van der Waals surface area (Å²) in [6.07, 6.45) is 119. The van der Waals surface area contributed by atoms with Gasteiger partial charge in [0.05, 0.1) is 40.3 Å². The number of hydrogen-bond acceptors (Lipinski definition) is 8. The molecular formula is C94H159NO8. The molecule has 588 valence electrons. The van der Waals surface area contributed by atoms with Gasteiger partial charge in [0.1, 0.15) is 13.2 Å². The molecule has 0 aromatic carbocycles. The minimum atomic E-state index is -1.63. The molecular weight excluding hydrogens is 1270 g/mol. The Morgan fingerprint density at radius 3 is 0.777 bits per heavy atom. The van der Waals surface area contributed by atoms with Crippen LogP contribution in [0.2, 0.25) is 0 Å². The molecule has 0 aliphatic carbocycles. The van der Waals surface area contributed by atoms with Crippen molar-refractivity contribution in [3.05, 3.63) is 158 Å². The highest BCUT2D eigenvalue weighted by atomic mass is 16.7. The predicted octanol–water partition coefficient (Wildman–Crippen LogP) is 26.6. The second-order valence-electron chi connectivity index (χ2n) is 29.4. The number of aliphatic carboxylic acids is 1. The van der Waals surface area contributed by atoms with E-state index in [4.69, 9.17) is 18.9 Å². The van der Waals surface area contributed by atoms with Gasteiger partial charge in [0.2, 0.25) is 0 Å². The van der Waals surface area contributed by atoms with E-state index in [9.17, 15) is 19.5 Å². The molecule has 0 saturated carbocycles. The van der Waals surface area contributed by atoms with Gasteiger partial charge in [-0.2, -0.15) is 0 Å². The zero-order chi connectivity index (χ0) is 74.6. The molecule has 9 heteroatoms. The van der Waals surface area contributed by atoms with Crippen LogP contribution in [0.1, 0.15) is 361 Å². The van der Waals surface area contributed by atoms with Crippen LogP contribution in [0.3, 0.4) is 0 Å². The molecule has 0 rings (SSSR count). The maximum absolute atomic E-state index is 13.0. The van der Waals surface area contributed by atoms with Crippen molar-refractivity contribution in [2.75, 3.05) is 47.5 Å². The molecule has 0 radical (unpaired) electrons. The number of ether oxygens (including phenoxy) is 4. The number of esters is 2. The summed E-state index contributed by atoms with van der Waals surface area (Å²) in [5, 5.41) is 11.9. The summed E-state index contributed by atoms with van der Waals surface area (Å²) in [5.41, 5.74) is 0. The Morgan fingerprint density at radius 1 is 0.291 bits per heavy atom. The van der Waals surface area contributed by atoms with Gasteiger partial charge >= 0.3 is 11.9 Å². The van der Waals surface area contributed by atoms with Gasteiger partial charge in [-0.1, -0.05) is 384 Å². The highest BCUT2D eigenvalue weighted by Gasteiger charge is 2.22. The number of nitrogens with zero attached hydrogens (tertiary/aromatic N) is 1. The summed E-state index contributed by atoms with van der Waals surface area (Å²) in [5.74, 6) is -2.27. The van der Waals surface area contributed by atoms with Crippen molar-refractivity contribution < 1.29 is 42.9 Å². The summed E-state index contributed by atoms with van der Waals surface area (Å²) >= 11 is 0. The van der Waals surface area contributed by atoms with Crippen LogP contribution in [0.25, 0.3) is 0 Å².